The minimum atomic E-state index is 0.859. The van der Waals surface area contributed by atoms with Crippen LogP contribution in [0.15, 0.2) is 35.5 Å². The third-order valence-electron chi connectivity index (χ3n) is 5.70. The van der Waals surface area contributed by atoms with E-state index in [2.05, 4.69) is 24.3 Å². The van der Waals surface area contributed by atoms with Crippen LogP contribution in [-0.4, -0.2) is 0 Å². The predicted molar refractivity (Wildman–Crippen MR) is 71.6 cm³/mol. The normalized spacial score (nSPS) is 43.3. The van der Waals surface area contributed by atoms with Crippen LogP contribution >= 0.6 is 0 Å². The molecule has 1 unspecified atom stereocenters. The van der Waals surface area contributed by atoms with Crippen LogP contribution in [0.3, 0.4) is 0 Å². The van der Waals surface area contributed by atoms with Gasteiger partial charge in [0.1, 0.15) is 0 Å². The van der Waals surface area contributed by atoms with Crippen LogP contribution in [0, 0.1) is 23.7 Å². The first kappa shape index (κ1) is 10.2. The summed E-state index contributed by atoms with van der Waals surface area (Å²) in [5.41, 5.74) is 3.46. The fourth-order valence-electron chi connectivity index (χ4n) is 4.89. The fourth-order valence-corrected chi connectivity index (χ4v) is 4.89. The Morgan fingerprint density at radius 1 is 0.824 bits per heavy atom. The van der Waals surface area contributed by atoms with Crippen molar-refractivity contribution >= 4 is 0 Å². The van der Waals surface area contributed by atoms with E-state index in [1.54, 1.807) is 5.57 Å². The third-order valence-corrected chi connectivity index (χ3v) is 5.70. The third kappa shape index (κ3) is 1.49. The zero-order valence-corrected chi connectivity index (χ0v) is 10.6. The molecule has 90 valence electrons. The maximum atomic E-state index is 2.51. The Morgan fingerprint density at radius 3 is 2.76 bits per heavy atom. The average molecular weight is 226 g/mol. The number of hydrogen-bond acceptors (Lipinski definition) is 0. The minimum Gasteiger partial charge on any atom is -0.0836 e. The molecule has 0 saturated heterocycles. The highest BCUT2D eigenvalue weighted by molar-refractivity contribution is 5.40. The van der Waals surface area contributed by atoms with E-state index in [1.807, 2.05) is 5.57 Å². The van der Waals surface area contributed by atoms with Crippen LogP contribution < -0.4 is 0 Å². The molecule has 2 fully saturated rings. The van der Waals surface area contributed by atoms with Gasteiger partial charge in [0.25, 0.3) is 0 Å². The van der Waals surface area contributed by atoms with Crippen molar-refractivity contribution < 1.29 is 0 Å². The molecular formula is C17H22. The van der Waals surface area contributed by atoms with E-state index in [0.29, 0.717) is 0 Å². The summed E-state index contributed by atoms with van der Waals surface area (Å²) in [7, 11) is 0. The van der Waals surface area contributed by atoms with Crippen molar-refractivity contribution in [3.63, 3.8) is 0 Å². The summed E-state index contributed by atoms with van der Waals surface area (Å²) < 4.78 is 0. The van der Waals surface area contributed by atoms with Gasteiger partial charge in [-0.2, -0.15) is 0 Å². The van der Waals surface area contributed by atoms with Crippen LogP contribution in [0.4, 0.5) is 0 Å². The average Bonchev–Trinajstić information content (AvgIpc) is 2.86. The molecule has 0 aromatic rings. The largest absolute Gasteiger partial charge is 0.0836 e. The van der Waals surface area contributed by atoms with Gasteiger partial charge in [0.2, 0.25) is 0 Å². The Bertz CT molecular complexity index is 410. The van der Waals surface area contributed by atoms with Crippen LogP contribution in [0.1, 0.15) is 44.9 Å². The summed E-state index contributed by atoms with van der Waals surface area (Å²) in [5.74, 6) is 3.76. The second-order valence-corrected chi connectivity index (χ2v) is 6.41. The van der Waals surface area contributed by atoms with Crippen molar-refractivity contribution in [2.45, 2.75) is 44.9 Å². The summed E-state index contributed by atoms with van der Waals surface area (Å²) in [6, 6.07) is 0. The molecule has 4 aliphatic rings. The molecule has 0 aliphatic heterocycles. The van der Waals surface area contributed by atoms with Crippen LogP contribution in [0.2, 0.25) is 0 Å². The van der Waals surface area contributed by atoms with Gasteiger partial charge in [-0.3, -0.25) is 0 Å². The Hall–Kier alpha value is -0.780. The van der Waals surface area contributed by atoms with Crippen molar-refractivity contribution in [3.8, 4) is 0 Å². The molecule has 0 N–H and O–H groups in total. The molecule has 4 rings (SSSR count). The van der Waals surface area contributed by atoms with E-state index in [0.717, 1.165) is 23.7 Å². The Balaban J connectivity index is 1.69. The van der Waals surface area contributed by atoms with E-state index in [4.69, 9.17) is 0 Å². The molecule has 0 amide bonds. The molecule has 2 saturated carbocycles. The number of allylic oxidation sites excluding steroid dienone is 6. The topological polar surface area (TPSA) is 0 Å². The summed E-state index contributed by atoms with van der Waals surface area (Å²) in [6.45, 7) is 0. The molecule has 0 heterocycles. The first-order chi connectivity index (χ1) is 8.43. The number of fused-ring (bicyclic) bond motifs is 5. The highest BCUT2D eigenvalue weighted by Crippen LogP contribution is 2.52. The van der Waals surface area contributed by atoms with Gasteiger partial charge in [-0.15, -0.1) is 0 Å². The SMILES string of the molecule is C1=CC2=CC=C3[C@H]4CCCCC4CC[C@H]3[C@@H]2C1. The van der Waals surface area contributed by atoms with Crippen LogP contribution in [0.5, 0.6) is 0 Å². The van der Waals surface area contributed by atoms with E-state index in [-0.39, 0.29) is 0 Å². The Labute approximate surface area is 104 Å². The van der Waals surface area contributed by atoms with Crippen molar-refractivity contribution in [2.75, 3.05) is 0 Å². The van der Waals surface area contributed by atoms with Gasteiger partial charge in [-0.1, -0.05) is 42.7 Å². The lowest BCUT2D eigenvalue weighted by atomic mass is 9.60. The molecule has 0 radical (unpaired) electrons. The quantitative estimate of drug-likeness (QED) is 0.564. The highest BCUT2D eigenvalue weighted by Gasteiger charge is 2.41. The Kier molecular flexibility index (Phi) is 2.31. The first-order valence-electron chi connectivity index (χ1n) is 7.51. The van der Waals surface area contributed by atoms with Gasteiger partial charge in [-0.25, -0.2) is 0 Å². The lowest BCUT2D eigenvalue weighted by Crippen LogP contribution is -2.34. The summed E-state index contributed by atoms with van der Waals surface area (Å²) in [5, 5.41) is 0. The van der Waals surface area contributed by atoms with Gasteiger partial charge >= 0.3 is 0 Å². The van der Waals surface area contributed by atoms with Crippen LogP contribution in [0.25, 0.3) is 0 Å². The number of hydrogen-bond donors (Lipinski definition) is 0. The van der Waals surface area contributed by atoms with Gasteiger partial charge in [0.15, 0.2) is 0 Å². The second kappa shape index (κ2) is 3.86. The van der Waals surface area contributed by atoms with Gasteiger partial charge in [0.05, 0.1) is 0 Å². The molecular weight excluding hydrogens is 204 g/mol. The maximum Gasteiger partial charge on any atom is -0.00616 e. The smallest absolute Gasteiger partial charge is 0.00616 e. The van der Waals surface area contributed by atoms with Crippen molar-refractivity contribution in [3.05, 3.63) is 35.5 Å². The predicted octanol–water partition coefficient (Wildman–Crippen LogP) is 4.65. The lowest BCUT2D eigenvalue weighted by molar-refractivity contribution is 0.173. The second-order valence-electron chi connectivity index (χ2n) is 6.41. The highest BCUT2D eigenvalue weighted by atomic mass is 14.5. The lowest BCUT2D eigenvalue weighted by Gasteiger charge is -2.45. The van der Waals surface area contributed by atoms with Crippen LogP contribution in [-0.2, 0) is 0 Å². The Morgan fingerprint density at radius 2 is 1.76 bits per heavy atom. The minimum absolute atomic E-state index is 0.859. The monoisotopic (exact) mass is 226 g/mol. The maximum absolute atomic E-state index is 2.51. The molecule has 0 nitrogen and oxygen atoms in total. The standard InChI is InChI=1S/C17H22/c1-2-6-14-12(4-1)8-10-17-15-7-3-5-13(15)9-11-16(14)17/h3,5,9,11-12,14-15,17H,1-2,4,6-8,10H2/t12?,14-,15+,17-/m0/s1. The van der Waals surface area contributed by atoms with Gasteiger partial charge < -0.3 is 0 Å². The molecule has 0 spiro atoms. The molecule has 17 heavy (non-hydrogen) atoms. The molecule has 4 aliphatic carbocycles. The van der Waals surface area contributed by atoms with E-state index in [1.165, 1.54) is 44.9 Å². The van der Waals surface area contributed by atoms with Gasteiger partial charge in [-0.05, 0) is 61.3 Å². The summed E-state index contributed by atoms with van der Waals surface area (Å²) >= 11 is 0. The van der Waals surface area contributed by atoms with Crippen molar-refractivity contribution in [1.29, 1.82) is 0 Å². The van der Waals surface area contributed by atoms with Crippen molar-refractivity contribution in [1.82, 2.24) is 0 Å². The summed E-state index contributed by atoms with van der Waals surface area (Å²) in [6.07, 6.45) is 19.9. The molecule has 0 heteroatoms. The molecule has 4 atom stereocenters. The van der Waals surface area contributed by atoms with E-state index >= 15 is 0 Å². The number of rotatable bonds is 0. The first-order valence-corrected chi connectivity index (χ1v) is 7.51. The zero-order valence-electron chi connectivity index (χ0n) is 10.6. The molecule has 0 aromatic carbocycles. The van der Waals surface area contributed by atoms with E-state index in [9.17, 15) is 0 Å². The van der Waals surface area contributed by atoms with E-state index < -0.39 is 0 Å². The summed E-state index contributed by atoms with van der Waals surface area (Å²) in [4.78, 5) is 0. The fraction of sp³-hybridized carbons (Fsp3) is 0.647. The zero-order chi connectivity index (χ0) is 11.2. The molecule has 0 bridgehead atoms. The molecule has 0 aromatic heterocycles. The van der Waals surface area contributed by atoms with Crippen molar-refractivity contribution in [2.24, 2.45) is 23.7 Å². The van der Waals surface area contributed by atoms with Gasteiger partial charge in [0, 0.05) is 0 Å².